The van der Waals surface area contributed by atoms with E-state index in [-0.39, 0.29) is 18.2 Å². The van der Waals surface area contributed by atoms with Crippen molar-refractivity contribution in [3.05, 3.63) is 48.3 Å². The fraction of sp³-hybridized carbons (Fsp3) is 0. The Kier molecular flexibility index (Phi) is 3.96. The third kappa shape index (κ3) is 2.55. The third-order valence-electron chi connectivity index (χ3n) is 2.02. The lowest BCUT2D eigenvalue weighted by atomic mass is 10.1. The Bertz CT molecular complexity index is 467. The van der Waals surface area contributed by atoms with Crippen molar-refractivity contribution in [1.29, 1.82) is 5.41 Å². The molecular formula is C11H11ClN4. The first kappa shape index (κ1) is 12.1. The summed E-state index contributed by atoms with van der Waals surface area (Å²) in [4.78, 5) is 8.25. The molecule has 5 heteroatoms. The molecule has 0 unspecified atom stereocenters. The molecule has 4 nitrogen and oxygen atoms in total. The summed E-state index contributed by atoms with van der Waals surface area (Å²) in [5.74, 6) is 0.739. The molecule has 0 aliphatic carbocycles. The van der Waals surface area contributed by atoms with Gasteiger partial charge in [0.1, 0.15) is 5.84 Å². The maximum Gasteiger partial charge on any atom is 0.159 e. The van der Waals surface area contributed by atoms with Gasteiger partial charge < -0.3 is 5.73 Å². The summed E-state index contributed by atoms with van der Waals surface area (Å²) in [6.45, 7) is 0. The molecule has 1 heterocycles. The van der Waals surface area contributed by atoms with Crippen molar-refractivity contribution in [3.63, 3.8) is 0 Å². The number of nitrogens with one attached hydrogen (secondary N) is 1. The van der Waals surface area contributed by atoms with Crippen molar-refractivity contribution in [2.75, 3.05) is 0 Å². The highest BCUT2D eigenvalue weighted by molar-refractivity contribution is 5.95. The SMILES string of the molecule is Cl.N=C(N)c1ccc(-c2ncccn2)cc1. The van der Waals surface area contributed by atoms with Gasteiger partial charge in [0.15, 0.2) is 5.82 Å². The number of nitrogens with two attached hydrogens (primary N) is 1. The van der Waals surface area contributed by atoms with Crippen LogP contribution in [0.15, 0.2) is 42.7 Å². The Labute approximate surface area is 99.5 Å². The number of nitrogens with zero attached hydrogens (tertiary/aromatic N) is 2. The van der Waals surface area contributed by atoms with Gasteiger partial charge in [-0.05, 0) is 6.07 Å². The Balaban J connectivity index is 0.00000128. The number of hydrogen-bond acceptors (Lipinski definition) is 3. The topological polar surface area (TPSA) is 75.7 Å². The quantitative estimate of drug-likeness (QED) is 0.615. The molecule has 0 fully saturated rings. The lowest BCUT2D eigenvalue weighted by Gasteiger charge is -2.01. The smallest absolute Gasteiger partial charge is 0.159 e. The van der Waals surface area contributed by atoms with Gasteiger partial charge in [-0.1, -0.05) is 24.3 Å². The molecule has 2 rings (SSSR count). The molecule has 0 aliphatic heterocycles. The number of halogens is 1. The van der Waals surface area contributed by atoms with Crippen molar-refractivity contribution in [3.8, 4) is 11.4 Å². The summed E-state index contributed by atoms with van der Waals surface area (Å²) in [7, 11) is 0. The van der Waals surface area contributed by atoms with Crippen LogP contribution in [0.2, 0.25) is 0 Å². The maximum atomic E-state index is 7.26. The van der Waals surface area contributed by atoms with Crippen molar-refractivity contribution < 1.29 is 0 Å². The van der Waals surface area contributed by atoms with E-state index in [1.165, 1.54) is 0 Å². The molecule has 0 aliphatic rings. The highest BCUT2D eigenvalue weighted by Crippen LogP contribution is 2.14. The van der Waals surface area contributed by atoms with Gasteiger partial charge >= 0.3 is 0 Å². The molecule has 82 valence electrons. The largest absolute Gasteiger partial charge is 0.384 e. The second kappa shape index (κ2) is 5.23. The summed E-state index contributed by atoms with van der Waals surface area (Å²) in [5, 5.41) is 7.26. The van der Waals surface area contributed by atoms with E-state index in [0.29, 0.717) is 11.4 Å². The fourth-order valence-corrected chi connectivity index (χ4v) is 1.25. The molecule has 0 saturated heterocycles. The number of nitrogen functional groups attached to an aromatic ring is 1. The molecule has 0 bridgehead atoms. The predicted octanol–water partition coefficient (Wildman–Crippen LogP) is 1.85. The lowest BCUT2D eigenvalue weighted by Crippen LogP contribution is -2.10. The van der Waals surface area contributed by atoms with Crippen LogP contribution in [0, 0.1) is 5.41 Å². The fourth-order valence-electron chi connectivity index (χ4n) is 1.25. The average molecular weight is 235 g/mol. The molecule has 0 atom stereocenters. The van der Waals surface area contributed by atoms with E-state index in [2.05, 4.69) is 9.97 Å². The Morgan fingerprint density at radius 3 is 2.12 bits per heavy atom. The van der Waals surface area contributed by atoms with Crippen molar-refractivity contribution >= 4 is 18.2 Å². The Morgan fingerprint density at radius 2 is 1.62 bits per heavy atom. The van der Waals surface area contributed by atoms with Crippen LogP contribution in [0.4, 0.5) is 0 Å². The first-order chi connectivity index (χ1) is 7.27. The molecule has 0 spiro atoms. The van der Waals surface area contributed by atoms with Gasteiger partial charge in [-0.25, -0.2) is 9.97 Å². The first-order valence-corrected chi connectivity index (χ1v) is 4.49. The zero-order chi connectivity index (χ0) is 10.7. The standard InChI is InChI=1S/C11H10N4.ClH/c12-10(13)8-2-4-9(5-3-8)11-14-6-1-7-15-11;/h1-7H,(H3,12,13);1H. The molecule has 0 amide bonds. The summed E-state index contributed by atoms with van der Waals surface area (Å²) in [5.41, 5.74) is 6.98. The van der Waals surface area contributed by atoms with Crippen molar-refractivity contribution in [2.45, 2.75) is 0 Å². The van der Waals surface area contributed by atoms with Gasteiger partial charge in [0.2, 0.25) is 0 Å². The third-order valence-corrected chi connectivity index (χ3v) is 2.02. The highest BCUT2D eigenvalue weighted by atomic mass is 35.5. The second-order valence-corrected chi connectivity index (χ2v) is 3.06. The normalized spacial score (nSPS) is 9.25. The molecular weight excluding hydrogens is 224 g/mol. The Hall–Kier alpha value is -1.94. The number of aromatic nitrogens is 2. The van der Waals surface area contributed by atoms with Gasteiger partial charge in [0.25, 0.3) is 0 Å². The number of rotatable bonds is 2. The van der Waals surface area contributed by atoms with Crippen molar-refractivity contribution in [1.82, 2.24) is 9.97 Å². The highest BCUT2D eigenvalue weighted by Gasteiger charge is 2.00. The van der Waals surface area contributed by atoms with E-state index < -0.39 is 0 Å². The number of hydrogen-bond donors (Lipinski definition) is 2. The minimum absolute atomic E-state index is 0. The van der Waals surface area contributed by atoms with Gasteiger partial charge in [-0.2, -0.15) is 0 Å². The van der Waals surface area contributed by atoms with E-state index in [1.54, 1.807) is 30.6 Å². The summed E-state index contributed by atoms with van der Waals surface area (Å²) >= 11 is 0. The minimum Gasteiger partial charge on any atom is -0.384 e. The molecule has 3 N–H and O–H groups in total. The molecule has 1 aromatic heterocycles. The molecule has 1 aromatic carbocycles. The Morgan fingerprint density at radius 1 is 1.06 bits per heavy atom. The van der Waals surface area contributed by atoms with E-state index in [4.69, 9.17) is 11.1 Å². The molecule has 0 radical (unpaired) electrons. The zero-order valence-electron chi connectivity index (χ0n) is 8.42. The average Bonchev–Trinajstić information content (AvgIpc) is 2.30. The van der Waals surface area contributed by atoms with Gasteiger partial charge in [0.05, 0.1) is 0 Å². The minimum atomic E-state index is 0. The van der Waals surface area contributed by atoms with Crippen LogP contribution in [0.3, 0.4) is 0 Å². The summed E-state index contributed by atoms with van der Waals surface area (Å²) in [6, 6.07) is 9.05. The van der Waals surface area contributed by atoms with Crippen LogP contribution in [0.5, 0.6) is 0 Å². The van der Waals surface area contributed by atoms with Crippen molar-refractivity contribution in [2.24, 2.45) is 5.73 Å². The van der Waals surface area contributed by atoms with E-state index in [0.717, 1.165) is 5.56 Å². The van der Waals surface area contributed by atoms with Crippen LogP contribution in [0.25, 0.3) is 11.4 Å². The maximum absolute atomic E-state index is 7.26. The lowest BCUT2D eigenvalue weighted by molar-refractivity contribution is 1.18. The first-order valence-electron chi connectivity index (χ1n) is 4.49. The molecule has 16 heavy (non-hydrogen) atoms. The van der Waals surface area contributed by atoms with E-state index in [9.17, 15) is 0 Å². The predicted molar refractivity (Wildman–Crippen MR) is 65.7 cm³/mol. The van der Waals surface area contributed by atoms with Gasteiger partial charge in [-0.15, -0.1) is 12.4 Å². The molecule has 2 aromatic rings. The monoisotopic (exact) mass is 234 g/mol. The van der Waals surface area contributed by atoms with Crippen LogP contribution in [0.1, 0.15) is 5.56 Å². The van der Waals surface area contributed by atoms with Crippen LogP contribution < -0.4 is 5.73 Å². The van der Waals surface area contributed by atoms with E-state index in [1.807, 2.05) is 12.1 Å². The van der Waals surface area contributed by atoms with Gasteiger partial charge in [0, 0.05) is 23.5 Å². The molecule has 0 saturated carbocycles. The van der Waals surface area contributed by atoms with E-state index >= 15 is 0 Å². The number of benzene rings is 1. The zero-order valence-corrected chi connectivity index (χ0v) is 9.24. The summed E-state index contributed by atoms with van der Waals surface area (Å²) < 4.78 is 0. The second-order valence-electron chi connectivity index (χ2n) is 3.06. The van der Waals surface area contributed by atoms with Crippen LogP contribution in [-0.2, 0) is 0 Å². The van der Waals surface area contributed by atoms with Crippen LogP contribution >= 0.6 is 12.4 Å². The summed E-state index contributed by atoms with van der Waals surface area (Å²) in [6.07, 6.45) is 3.39. The van der Waals surface area contributed by atoms with Crippen LogP contribution in [-0.4, -0.2) is 15.8 Å². The van der Waals surface area contributed by atoms with Gasteiger partial charge in [-0.3, -0.25) is 5.41 Å². The number of amidine groups is 1.